The van der Waals surface area contributed by atoms with E-state index in [1.165, 1.54) is 6.92 Å². The van der Waals surface area contributed by atoms with Crippen molar-refractivity contribution in [1.29, 1.82) is 0 Å². The van der Waals surface area contributed by atoms with Crippen LogP contribution < -0.4 is 16.4 Å². The zero-order chi connectivity index (χ0) is 19.7. The van der Waals surface area contributed by atoms with Gasteiger partial charge in [-0.05, 0) is 57.0 Å². The van der Waals surface area contributed by atoms with Crippen LogP contribution in [0, 0.1) is 11.8 Å². The second-order valence-electron chi connectivity index (χ2n) is 6.92. The average molecular weight is 390 g/mol. The molecule has 0 aromatic heterocycles. The first-order chi connectivity index (χ1) is 12.3. The van der Waals surface area contributed by atoms with Crippen LogP contribution in [0.4, 0.5) is 0 Å². The Kier molecular flexibility index (Phi) is 9.97. The van der Waals surface area contributed by atoms with E-state index in [-0.39, 0.29) is 17.7 Å². The summed E-state index contributed by atoms with van der Waals surface area (Å²) >= 11 is 1.65. The van der Waals surface area contributed by atoms with Gasteiger partial charge in [0.15, 0.2) is 6.04 Å². The molecule has 1 aliphatic carbocycles. The van der Waals surface area contributed by atoms with Crippen LogP contribution in [-0.2, 0) is 14.4 Å². The van der Waals surface area contributed by atoms with Crippen molar-refractivity contribution in [1.82, 2.24) is 10.6 Å². The van der Waals surface area contributed by atoms with Crippen LogP contribution in [0.25, 0.3) is 0 Å². The SMILES string of the molecule is CSCC[C@H](N)C(=O)NCC1CCC(C(=O)N[C@@H](C(=O)O)C(C)O)CC1. The molecule has 150 valence electrons. The van der Waals surface area contributed by atoms with Gasteiger partial charge in [0.1, 0.15) is 0 Å². The van der Waals surface area contributed by atoms with E-state index in [4.69, 9.17) is 10.8 Å². The van der Waals surface area contributed by atoms with Gasteiger partial charge in [0.2, 0.25) is 11.8 Å². The predicted molar refractivity (Wildman–Crippen MR) is 101 cm³/mol. The monoisotopic (exact) mass is 389 g/mol. The van der Waals surface area contributed by atoms with Crippen molar-refractivity contribution in [3.8, 4) is 0 Å². The zero-order valence-corrected chi connectivity index (χ0v) is 16.3. The van der Waals surface area contributed by atoms with Crippen LogP contribution in [-0.4, -0.2) is 64.7 Å². The van der Waals surface area contributed by atoms with Gasteiger partial charge in [-0.15, -0.1) is 0 Å². The van der Waals surface area contributed by atoms with E-state index in [2.05, 4.69) is 10.6 Å². The fraction of sp³-hybridized carbons (Fsp3) is 0.824. The Morgan fingerprint density at radius 3 is 2.35 bits per heavy atom. The number of amides is 2. The van der Waals surface area contributed by atoms with Crippen LogP contribution in [0.1, 0.15) is 39.0 Å². The van der Waals surface area contributed by atoms with E-state index < -0.39 is 24.2 Å². The molecule has 1 rings (SSSR count). The van der Waals surface area contributed by atoms with Gasteiger partial charge in [-0.3, -0.25) is 9.59 Å². The van der Waals surface area contributed by atoms with Gasteiger partial charge >= 0.3 is 5.97 Å². The summed E-state index contributed by atoms with van der Waals surface area (Å²) in [5.74, 6) is -0.838. The lowest BCUT2D eigenvalue weighted by molar-refractivity contribution is -0.145. The number of thioether (sulfide) groups is 1. The molecule has 26 heavy (non-hydrogen) atoms. The first-order valence-corrected chi connectivity index (χ1v) is 10.4. The van der Waals surface area contributed by atoms with E-state index in [0.29, 0.717) is 31.7 Å². The Bertz CT molecular complexity index is 481. The van der Waals surface area contributed by atoms with Crippen LogP contribution in [0.2, 0.25) is 0 Å². The predicted octanol–water partition coefficient (Wildman–Crippen LogP) is -0.0604. The number of carbonyl (C=O) groups excluding carboxylic acids is 2. The van der Waals surface area contributed by atoms with Crippen molar-refractivity contribution >= 4 is 29.5 Å². The molecule has 0 aromatic carbocycles. The third kappa shape index (κ3) is 7.51. The highest BCUT2D eigenvalue weighted by atomic mass is 32.2. The maximum atomic E-state index is 12.2. The number of aliphatic hydroxyl groups excluding tert-OH is 1. The summed E-state index contributed by atoms with van der Waals surface area (Å²) in [5.41, 5.74) is 5.83. The Morgan fingerprint density at radius 2 is 1.85 bits per heavy atom. The fourth-order valence-electron chi connectivity index (χ4n) is 3.04. The molecule has 9 heteroatoms. The number of rotatable bonds is 10. The van der Waals surface area contributed by atoms with E-state index in [0.717, 1.165) is 18.6 Å². The molecule has 2 amide bonds. The van der Waals surface area contributed by atoms with Crippen molar-refractivity contribution < 1.29 is 24.6 Å². The van der Waals surface area contributed by atoms with E-state index in [1.807, 2.05) is 6.26 Å². The third-order valence-electron chi connectivity index (χ3n) is 4.80. The lowest BCUT2D eigenvalue weighted by Gasteiger charge is -2.29. The second-order valence-corrected chi connectivity index (χ2v) is 7.90. The highest BCUT2D eigenvalue weighted by Crippen LogP contribution is 2.28. The average Bonchev–Trinajstić information content (AvgIpc) is 2.61. The second kappa shape index (κ2) is 11.4. The van der Waals surface area contributed by atoms with Crippen molar-refractivity contribution in [3.63, 3.8) is 0 Å². The number of nitrogens with one attached hydrogen (secondary N) is 2. The minimum absolute atomic E-state index is 0.139. The minimum atomic E-state index is -1.29. The summed E-state index contributed by atoms with van der Waals surface area (Å²) in [6.07, 6.45) is 4.30. The number of aliphatic hydroxyl groups is 1. The van der Waals surface area contributed by atoms with Crippen molar-refractivity contribution in [2.45, 2.75) is 57.2 Å². The van der Waals surface area contributed by atoms with Crippen LogP contribution >= 0.6 is 11.8 Å². The summed E-state index contributed by atoms with van der Waals surface area (Å²) in [6.45, 7) is 1.88. The van der Waals surface area contributed by atoms with E-state index >= 15 is 0 Å². The molecule has 0 bridgehead atoms. The number of carboxylic acids is 1. The highest BCUT2D eigenvalue weighted by Gasteiger charge is 2.31. The van der Waals surface area contributed by atoms with Crippen LogP contribution in [0.3, 0.4) is 0 Å². The molecular formula is C17H31N3O5S. The van der Waals surface area contributed by atoms with Gasteiger partial charge in [0, 0.05) is 12.5 Å². The zero-order valence-electron chi connectivity index (χ0n) is 15.4. The largest absolute Gasteiger partial charge is 0.480 e. The lowest BCUT2D eigenvalue weighted by Crippen LogP contribution is -2.50. The van der Waals surface area contributed by atoms with Crippen molar-refractivity contribution in [2.75, 3.05) is 18.6 Å². The normalized spacial score (nSPS) is 23.5. The topological polar surface area (TPSA) is 142 Å². The molecule has 0 aromatic rings. The molecule has 0 saturated heterocycles. The third-order valence-corrected chi connectivity index (χ3v) is 5.44. The number of carboxylic acid groups (broad SMARTS) is 1. The summed E-state index contributed by atoms with van der Waals surface area (Å²) in [5, 5.41) is 23.8. The summed E-state index contributed by atoms with van der Waals surface area (Å²) in [4.78, 5) is 35.2. The van der Waals surface area contributed by atoms with Gasteiger partial charge in [0.05, 0.1) is 12.1 Å². The standard InChI is InChI=1S/C17H31N3O5S/c1-10(21)14(17(24)25)20-15(22)12-5-3-11(4-6-12)9-19-16(23)13(18)7-8-26-2/h10-14,21H,3-9,18H2,1-2H3,(H,19,23)(H,20,22)(H,24,25)/t10?,11?,12?,13-,14+/m0/s1. The smallest absolute Gasteiger partial charge is 0.328 e. The highest BCUT2D eigenvalue weighted by molar-refractivity contribution is 7.98. The van der Waals surface area contributed by atoms with Gasteiger partial charge < -0.3 is 26.6 Å². The van der Waals surface area contributed by atoms with E-state index in [9.17, 15) is 19.5 Å². The molecule has 0 radical (unpaired) electrons. The Morgan fingerprint density at radius 1 is 1.23 bits per heavy atom. The maximum absolute atomic E-state index is 12.2. The van der Waals surface area contributed by atoms with Gasteiger partial charge in [-0.2, -0.15) is 11.8 Å². The number of hydrogen-bond acceptors (Lipinski definition) is 6. The number of carbonyl (C=O) groups is 3. The fourth-order valence-corrected chi connectivity index (χ4v) is 3.53. The number of nitrogens with two attached hydrogens (primary N) is 1. The molecule has 0 heterocycles. The molecule has 1 unspecified atom stereocenters. The molecule has 1 fully saturated rings. The molecular weight excluding hydrogens is 358 g/mol. The van der Waals surface area contributed by atoms with Crippen molar-refractivity contribution in [2.24, 2.45) is 17.6 Å². The molecule has 3 atom stereocenters. The summed E-state index contributed by atoms with van der Waals surface area (Å²) in [7, 11) is 0. The van der Waals surface area contributed by atoms with Crippen molar-refractivity contribution in [3.05, 3.63) is 0 Å². The molecule has 0 aliphatic heterocycles. The maximum Gasteiger partial charge on any atom is 0.328 e. The van der Waals surface area contributed by atoms with Crippen LogP contribution in [0.15, 0.2) is 0 Å². The molecule has 0 spiro atoms. The summed E-state index contributed by atoms with van der Waals surface area (Å²) in [6, 6.07) is -1.78. The molecule has 1 saturated carbocycles. The van der Waals surface area contributed by atoms with Crippen LogP contribution in [0.5, 0.6) is 0 Å². The van der Waals surface area contributed by atoms with Gasteiger partial charge in [-0.1, -0.05) is 0 Å². The molecule has 8 nitrogen and oxygen atoms in total. The Balaban J connectivity index is 2.34. The minimum Gasteiger partial charge on any atom is -0.480 e. The Labute approximate surface area is 158 Å². The van der Waals surface area contributed by atoms with Gasteiger partial charge in [-0.25, -0.2) is 4.79 Å². The lowest BCUT2D eigenvalue weighted by atomic mass is 9.81. The molecule has 6 N–H and O–H groups in total. The number of hydrogen-bond donors (Lipinski definition) is 5. The first-order valence-electron chi connectivity index (χ1n) is 8.99. The quantitative estimate of drug-likeness (QED) is 0.352. The van der Waals surface area contributed by atoms with Gasteiger partial charge in [0.25, 0.3) is 0 Å². The number of aliphatic carboxylic acids is 1. The summed E-state index contributed by atoms with van der Waals surface area (Å²) < 4.78 is 0. The Hall–Kier alpha value is -1.32. The molecule has 1 aliphatic rings. The first kappa shape index (κ1) is 22.7. The van der Waals surface area contributed by atoms with E-state index in [1.54, 1.807) is 11.8 Å².